The first-order chi connectivity index (χ1) is 48.7. The lowest BCUT2D eigenvalue weighted by molar-refractivity contribution is -0.230. The van der Waals surface area contributed by atoms with E-state index in [1.807, 2.05) is 0 Å². The number of hydrogen-bond donors (Lipinski definition) is 2. The van der Waals surface area contributed by atoms with Gasteiger partial charge in [-0.25, -0.2) is 17.6 Å². The van der Waals surface area contributed by atoms with Gasteiger partial charge in [-0.2, -0.15) is 0 Å². The molecule has 1 saturated heterocycles. The third-order valence-electron chi connectivity index (χ3n) is 32.1. The topological polar surface area (TPSA) is 58.9 Å². The summed E-state index contributed by atoms with van der Waals surface area (Å²) in [5.41, 5.74) is 4.20. The molecule has 8 aliphatic rings. The summed E-state index contributed by atoms with van der Waals surface area (Å²) in [4.78, 5) is 0. The van der Waals surface area contributed by atoms with Crippen LogP contribution >= 0.6 is 0 Å². The fraction of sp³-hybridized carbons (Fsp3) is 0.879. The molecule has 0 atom stereocenters. The Morgan fingerprint density at radius 2 is 0.467 bits per heavy atom. The van der Waals surface area contributed by atoms with E-state index in [4.69, 9.17) is 19.7 Å². The van der Waals surface area contributed by atoms with Gasteiger partial charge >= 0.3 is 0 Å². The molecule has 2 aromatic carbocycles. The zero-order valence-corrected chi connectivity index (χ0v) is 76.6. The van der Waals surface area contributed by atoms with E-state index in [2.05, 4.69) is 213 Å². The van der Waals surface area contributed by atoms with E-state index < -0.39 is 33.9 Å². The summed E-state index contributed by atoms with van der Waals surface area (Å²) in [6.45, 7) is 65.1. The first-order valence-corrected chi connectivity index (χ1v) is 44.3. The molecule has 7 saturated carbocycles. The van der Waals surface area contributed by atoms with Gasteiger partial charge < -0.3 is 19.7 Å². The Balaban J connectivity index is 0.000000415. The van der Waals surface area contributed by atoms with E-state index in [1.165, 1.54) is 184 Å². The lowest BCUT2D eigenvalue weighted by atomic mass is 9.54. The molecule has 1 aliphatic heterocycles. The van der Waals surface area contributed by atoms with Crippen LogP contribution in [-0.2, 0) is 14.9 Å². The summed E-state index contributed by atoms with van der Waals surface area (Å²) in [7, 11) is 0. The second-order valence-electron chi connectivity index (χ2n) is 43.3. The van der Waals surface area contributed by atoms with Crippen molar-refractivity contribution in [1.29, 1.82) is 0 Å². The molecule has 0 bridgehead atoms. The molecule has 2 aromatic rings. The van der Waals surface area contributed by atoms with E-state index in [-0.39, 0.29) is 16.6 Å². The maximum Gasteiger partial charge on any atom is 0.250 e. The van der Waals surface area contributed by atoms with Gasteiger partial charge in [0.1, 0.15) is 0 Å². The minimum absolute atomic E-state index is 0.0932. The van der Waals surface area contributed by atoms with Crippen LogP contribution in [0, 0.1) is 59.6 Å². The highest BCUT2D eigenvalue weighted by molar-refractivity contribution is 5.41. The molecule has 7 aliphatic carbocycles. The van der Waals surface area contributed by atoms with Crippen molar-refractivity contribution in [1.82, 2.24) is 0 Å². The van der Waals surface area contributed by atoms with E-state index in [9.17, 15) is 17.6 Å². The van der Waals surface area contributed by atoms with Gasteiger partial charge in [0.2, 0.25) is 0 Å². The summed E-state index contributed by atoms with van der Waals surface area (Å²) < 4.78 is 63.1. The second-order valence-corrected chi connectivity index (χ2v) is 43.3. The van der Waals surface area contributed by atoms with Gasteiger partial charge in [0.05, 0.1) is 35.6 Å². The van der Waals surface area contributed by atoms with Crippen LogP contribution in [0.1, 0.15) is 456 Å². The van der Waals surface area contributed by atoms with Crippen LogP contribution in [0.5, 0.6) is 0 Å². The molecule has 4 nitrogen and oxygen atoms in total. The van der Waals surface area contributed by atoms with Crippen molar-refractivity contribution in [2.24, 2.45) is 59.6 Å². The molecule has 107 heavy (non-hydrogen) atoms. The summed E-state index contributed by atoms with van der Waals surface area (Å²) in [5.74, 6) is -4.99. The van der Waals surface area contributed by atoms with Crippen molar-refractivity contribution in [3.8, 4) is 0 Å². The van der Waals surface area contributed by atoms with Crippen LogP contribution < -0.4 is 0 Å². The molecule has 8 heteroatoms. The van der Waals surface area contributed by atoms with Gasteiger partial charge in [-0.1, -0.05) is 347 Å². The molecule has 0 aromatic heterocycles. The molecule has 0 unspecified atom stereocenters. The summed E-state index contributed by atoms with van der Waals surface area (Å²) >= 11 is 0. The first kappa shape index (κ1) is 101. The van der Waals surface area contributed by atoms with Crippen LogP contribution in [0.2, 0.25) is 0 Å². The van der Waals surface area contributed by atoms with Crippen LogP contribution in [0.15, 0.2) is 60.7 Å². The van der Waals surface area contributed by atoms with Crippen molar-refractivity contribution in [3.63, 3.8) is 0 Å². The Bertz CT molecular complexity index is 2400. The number of benzene rings is 2. The predicted molar refractivity (Wildman–Crippen MR) is 459 cm³/mol. The third kappa shape index (κ3) is 29.4. The lowest BCUT2D eigenvalue weighted by Crippen LogP contribution is -2.53. The van der Waals surface area contributed by atoms with Crippen molar-refractivity contribution in [2.45, 2.75) is 485 Å². The molecule has 0 spiro atoms. The fourth-order valence-corrected chi connectivity index (χ4v) is 18.0. The Morgan fingerprint density at radius 1 is 0.280 bits per heavy atom. The van der Waals surface area contributed by atoms with Gasteiger partial charge in [0, 0.05) is 16.2 Å². The van der Waals surface area contributed by atoms with E-state index >= 15 is 0 Å². The smallest absolute Gasteiger partial charge is 0.250 e. The number of hydrogen-bond acceptors (Lipinski definition) is 4. The van der Waals surface area contributed by atoms with Crippen LogP contribution in [0.4, 0.5) is 17.6 Å². The Morgan fingerprint density at radius 3 is 0.617 bits per heavy atom. The molecule has 628 valence electrons. The van der Waals surface area contributed by atoms with Gasteiger partial charge in [-0.3, -0.25) is 0 Å². The number of rotatable bonds is 9. The first-order valence-electron chi connectivity index (χ1n) is 44.3. The highest BCUT2D eigenvalue weighted by atomic mass is 19.3. The monoisotopic (exact) mass is 1510 g/mol. The predicted octanol–water partition coefficient (Wildman–Crippen LogP) is 32.1. The Labute approximate surface area is 663 Å². The van der Waals surface area contributed by atoms with Crippen molar-refractivity contribution < 1.29 is 37.2 Å². The van der Waals surface area contributed by atoms with E-state index in [1.54, 1.807) is 41.5 Å². The minimum Gasteiger partial charge on any atom is -0.387 e. The molecule has 8 fully saturated rings. The maximum absolute atomic E-state index is 13.0. The zero-order valence-electron chi connectivity index (χ0n) is 76.6. The fourth-order valence-electron chi connectivity index (χ4n) is 18.0. The third-order valence-corrected chi connectivity index (χ3v) is 32.1. The quantitative estimate of drug-likeness (QED) is 0.246. The zero-order chi connectivity index (χ0) is 82.2. The van der Waals surface area contributed by atoms with Crippen molar-refractivity contribution in [2.75, 3.05) is 13.2 Å². The molecular formula is C99H180F4O4. The van der Waals surface area contributed by atoms with Crippen molar-refractivity contribution >= 4 is 0 Å². The Hall–Kier alpha value is -2.00. The minimum atomic E-state index is -2.49. The van der Waals surface area contributed by atoms with Crippen LogP contribution in [-0.4, -0.2) is 57.7 Å². The highest BCUT2D eigenvalue weighted by Crippen LogP contribution is 2.57. The number of aliphatic hydroxyl groups is 2. The molecule has 2 N–H and O–H groups in total. The Kier molecular flexibility index (Phi) is 39.2. The average molecular weight is 1510 g/mol. The standard InChI is InChI=1S/C21H26.C13H26.3C11H22.2C9H16F2.C8H16O2.C6H14O2/c1-20(16-10-5-11-17-20)21(2,18-12-6-3-7-13-18)19-14-8-4-9-15-19;1-5-12(3,6-2)13(4)10-8-7-9-11-13;3*1-10(2,3)11(4)8-6-5-7-9-11;2*1-8(9(2,10)11)6-4-3-5-7-8;1-7(2)8(3,4)10-6-5-9-7;1-5(2,7)6(3,4)8/h3-4,6-9,12-15H,5,10-11,16-17H2,1-2H3;5-11H2,1-4H3;3*5-9H2,1-4H3;2*3-7H2,1-2H3;5-6H2,1-4H3;7-8H,1-4H3. The average Bonchev–Trinajstić information content (AvgIpc) is 0.739. The molecular weight excluding hydrogens is 1330 g/mol. The van der Waals surface area contributed by atoms with Crippen LogP contribution in [0.3, 0.4) is 0 Å². The van der Waals surface area contributed by atoms with E-state index in [0.29, 0.717) is 74.4 Å². The number of halogens is 4. The van der Waals surface area contributed by atoms with Gasteiger partial charge in [0.25, 0.3) is 11.8 Å². The van der Waals surface area contributed by atoms with Crippen molar-refractivity contribution in [3.05, 3.63) is 71.8 Å². The van der Waals surface area contributed by atoms with Gasteiger partial charge in [-0.15, -0.1) is 0 Å². The summed E-state index contributed by atoms with van der Waals surface area (Å²) in [6.07, 6.45) is 47.5. The SMILES string of the molecule is CC(C)(C)C1(C)CCCCC1.CC(C)(C)C1(C)CCCCC1.CC(C)(C)C1(C)CCCCC1.CC(C)(O)C(C)(C)O.CC(F)(F)C1(C)CCCCC1.CC(F)(F)C1(C)CCCCC1.CC1(C(C)(c2ccccc2)c2ccccc2)CCCCC1.CC1(C)OCCOC1(C)C.CCC(C)(CC)C1(C)CCCCC1. The lowest BCUT2D eigenvalue weighted by Gasteiger charge is -2.50. The maximum atomic E-state index is 13.0. The normalized spacial score (nSPS) is 23.2. The molecule has 1 heterocycles. The van der Waals surface area contributed by atoms with Crippen LogP contribution in [0.25, 0.3) is 0 Å². The van der Waals surface area contributed by atoms with Gasteiger partial charge in [0.15, 0.2) is 0 Å². The number of alkyl halides is 4. The summed E-state index contributed by atoms with van der Waals surface area (Å²) in [6, 6.07) is 22.2. The largest absolute Gasteiger partial charge is 0.387 e. The molecule has 10 rings (SSSR count). The second kappa shape index (κ2) is 41.5. The van der Waals surface area contributed by atoms with E-state index in [0.717, 1.165) is 65.6 Å². The summed E-state index contributed by atoms with van der Waals surface area (Å²) in [5, 5.41) is 18.2. The molecule has 0 radical (unpaired) electrons. The van der Waals surface area contributed by atoms with Gasteiger partial charge in [-0.05, 0) is 219 Å². The highest BCUT2D eigenvalue weighted by Gasteiger charge is 2.50. The number of ether oxygens (including phenoxy) is 2. The molecule has 0 amide bonds.